The molecule has 0 aliphatic carbocycles. The topological polar surface area (TPSA) is 98.5 Å². The molecule has 3 aromatic rings. The number of esters is 1. The predicted molar refractivity (Wildman–Crippen MR) is 112 cm³/mol. The van der Waals surface area contributed by atoms with Crippen LogP contribution in [0, 0.1) is 17.0 Å². The van der Waals surface area contributed by atoms with Gasteiger partial charge in [0, 0.05) is 12.1 Å². The molecular weight excluding hydrogens is 384 g/mol. The van der Waals surface area contributed by atoms with E-state index < -0.39 is 29.3 Å². The number of rotatable bonds is 7. The van der Waals surface area contributed by atoms with Crippen molar-refractivity contribution < 1.29 is 19.2 Å². The van der Waals surface area contributed by atoms with Gasteiger partial charge in [0.1, 0.15) is 5.92 Å². The lowest BCUT2D eigenvalue weighted by atomic mass is 9.91. The van der Waals surface area contributed by atoms with Crippen LogP contribution in [0.4, 0.5) is 11.4 Å². The minimum absolute atomic E-state index is 0.138. The third-order valence-corrected chi connectivity index (χ3v) is 4.55. The zero-order chi connectivity index (χ0) is 21.5. The molecule has 3 aromatic carbocycles. The summed E-state index contributed by atoms with van der Waals surface area (Å²) in [6.07, 6.45) is 0. The van der Waals surface area contributed by atoms with E-state index in [4.69, 9.17) is 4.74 Å². The molecule has 0 aliphatic heterocycles. The van der Waals surface area contributed by atoms with Crippen molar-refractivity contribution in [2.24, 2.45) is 0 Å². The molecule has 0 radical (unpaired) electrons. The number of nitrogens with zero attached hydrogens (tertiary/aromatic N) is 1. The number of aryl methyl sites for hydroxylation is 1. The molecule has 0 atom stereocenters. The van der Waals surface area contributed by atoms with Crippen LogP contribution in [0.5, 0.6) is 0 Å². The number of anilines is 1. The van der Waals surface area contributed by atoms with Crippen molar-refractivity contribution in [1.29, 1.82) is 0 Å². The van der Waals surface area contributed by atoms with E-state index in [9.17, 15) is 19.7 Å². The fraction of sp³-hybridized carbons (Fsp3) is 0.130. The zero-order valence-electron chi connectivity index (χ0n) is 16.3. The van der Waals surface area contributed by atoms with Crippen molar-refractivity contribution in [2.45, 2.75) is 12.8 Å². The number of nitro benzene ring substituents is 1. The Morgan fingerprint density at radius 3 is 2.07 bits per heavy atom. The van der Waals surface area contributed by atoms with Gasteiger partial charge in [-0.2, -0.15) is 0 Å². The molecule has 3 rings (SSSR count). The highest BCUT2D eigenvalue weighted by atomic mass is 16.6. The number of non-ortho nitro benzene ring substituents is 1. The van der Waals surface area contributed by atoms with E-state index in [0.29, 0.717) is 11.3 Å². The highest BCUT2D eigenvalue weighted by molar-refractivity contribution is 5.94. The number of hydrogen-bond acceptors (Lipinski definition) is 5. The summed E-state index contributed by atoms with van der Waals surface area (Å²) >= 11 is 0. The van der Waals surface area contributed by atoms with E-state index >= 15 is 0 Å². The van der Waals surface area contributed by atoms with Gasteiger partial charge in [0.05, 0.1) is 10.6 Å². The molecule has 0 saturated heterocycles. The molecule has 0 spiro atoms. The number of carbonyl (C=O) groups excluding carboxylic acids is 2. The second-order valence-corrected chi connectivity index (χ2v) is 6.67. The van der Waals surface area contributed by atoms with Gasteiger partial charge in [-0.1, -0.05) is 66.7 Å². The molecule has 1 N–H and O–H groups in total. The molecule has 0 fully saturated rings. The van der Waals surface area contributed by atoms with Gasteiger partial charge in [0.2, 0.25) is 0 Å². The molecule has 0 heterocycles. The molecule has 0 aliphatic rings. The first kappa shape index (κ1) is 20.7. The Morgan fingerprint density at radius 1 is 0.967 bits per heavy atom. The summed E-state index contributed by atoms with van der Waals surface area (Å²) in [6, 6.07) is 22.5. The third-order valence-electron chi connectivity index (χ3n) is 4.55. The van der Waals surface area contributed by atoms with Crippen LogP contribution in [0.15, 0.2) is 78.9 Å². The number of carbonyl (C=O) groups is 2. The Morgan fingerprint density at radius 2 is 1.53 bits per heavy atom. The number of hydrogen-bond donors (Lipinski definition) is 1. The van der Waals surface area contributed by atoms with Crippen molar-refractivity contribution in [2.75, 3.05) is 11.9 Å². The van der Waals surface area contributed by atoms with Crippen LogP contribution in [0.2, 0.25) is 0 Å². The fourth-order valence-electron chi connectivity index (χ4n) is 3.02. The summed E-state index contributed by atoms with van der Waals surface area (Å²) in [5.41, 5.74) is 2.33. The average molecular weight is 404 g/mol. The van der Waals surface area contributed by atoms with Gasteiger partial charge in [-0.3, -0.25) is 19.7 Å². The molecule has 30 heavy (non-hydrogen) atoms. The van der Waals surface area contributed by atoms with Gasteiger partial charge in [0.15, 0.2) is 6.61 Å². The Bertz CT molecular complexity index is 1010. The molecule has 0 saturated carbocycles. The van der Waals surface area contributed by atoms with Crippen LogP contribution in [0.25, 0.3) is 0 Å². The van der Waals surface area contributed by atoms with E-state index in [1.165, 1.54) is 12.1 Å². The smallest absolute Gasteiger partial charge is 0.318 e. The lowest BCUT2D eigenvalue weighted by molar-refractivity contribution is -0.384. The van der Waals surface area contributed by atoms with Crippen molar-refractivity contribution in [3.8, 4) is 0 Å². The summed E-state index contributed by atoms with van der Waals surface area (Å²) in [5.74, 6) is -1.80. The largest absolute Gasteiger partial charge is 0.455 e. The van der Waals surface area contributed by atoms with Crippen LogP contribution in [-0.4, -0.2) is 23.4 Å². The second-order valence-electron chi connectivity index (χ2n) is 6.67. The maximum absolute atomic E-state index is 12.8. The lowest BCUT2D eigenvalue weighted by Gasteiger charge is -2.17. The molecule has 152 valence electrons. The molecule has 7 nitrogen and oxygen atoms in total. The van der Waals surface area contributed by atoms with Gasteiger partial charge in [-0.05, 0) is 23.6 Å². The van der Waals surface area contributed by atoms with Crippen LogP contribution < -0.4 is 5.32 Å². The number of ether oxygens (including phenoxy) is 1. The summed E-state index contributed by atoms with van der Waals surface area (Å²) in [5, 5.41) is 13.5. The minimum Gasteiger partial charge on any atom is -0.455 e. The van der Waals surface area contributed by atoms with E-state index in [-0.39, 0.29) is 5.69 Å². The Kier molecular flexibility index (Phi) is 6.54. The zero-order valence-corrected chi connectivity index (χ0v) is 16.3. The lowest BCUT2D eigenvalue weighted by Crippen LogP contribution is -2.24. The molecule has 0 aromatic heterocycles. The maximum atomic E-state index is 12.8. The van der Waals surface area contributed by atoms with Crippen LogP contribution >= 0.6 is 0 Å². The highest BCUT2D eigenvalue weighted by Crippen LogP contribution is 2.26. The first-order valence-corrected chi connectivity index (χ1v) is 9.27. The number of benzene rings is 3. The predicted octanol–water partition coefficient (Wildman–Crippen LogP) is 4.22. The average Bonchev–Trinajstić information content (AvgIpc) is 2.75. The van der Waals surface area contributed by atoms with Crippen molar-refractivity contribution in [3.05, 3.63) is 106 Å². The summed E-state index contributed by atoms with van der Waals surface area (Å²) in [6.45, 7) is 1.21. The fourth-order valence-corrected chi connectivity index (χ4v) is 3.02. The SMILES string of the molecule is Cc1ccc([N+](=O)[O-])cc1NC(=O)COC(=O)C(c1ccccc1)c1ccccc1. The van der Waals surface area contributed by atoms with Crippen molar-refractivity contribution in [1.82, 2.24) is 0 Å². The van der Waals surface area contributed by atoms with Gasteiger partial charge >= 0.3 is 5.97 Å². The van der Waals surface area contributed by atoms with Gasteiger partial charge in [0.25, 0.3) is 11.6 Å². The van der Waals surface area contributed by atoms with Crippen molar-refractivity contribution in [3.63, 3.8) is 0 Å². The highest BCUT2D eigenvalue weighted by Gasteiger charge is 2.25. The standard InChI is InChI=1S/C23H20N2O5/c1-16-12-13-19(25(28)29)14-20(16)24-21(26)15-30-23(27)22(17-8-4-2-5-9-17)18-10-6-3-7-11-18/h2-14,22H,15H2,1H3,(H,24,26). The summed E-state index contributed by atoms with van der Waals surface area (Å²) in [7, 11) is 0. The van der Waals surface area contributed by atoms with Crippen LogP contribution in [0.3, 0.4) is 0 Å². The normalized spacial score (nSPS) is 10.5. The monoisotopic (exact) mass is 404 g/mol. The molecule has 7 heteroatoms. The summed E-state index contributed by atoms with van der Waals surface area (Å²) < 4.78 is 5.28. The molecular formula is C23H20N2O5. The number of nitro groups is 1. The Labute approximate surface area is 173 Å². The third kappa shape index (κ3) is 5.08. The first-order valence-electron chi connectivity index (χ1n) is 9.27. The van der Waals surface area contributed by atoms with Gasteiger partial charge in [-0.15, -0.1) is 0 Å². The van der Waals surface area contributed by atoms with E-state index in [2.05, 4.69) is 5.32 Å². The second kappa shape index (κ2) is 9.47. The minimum atomic E-state index is -0.667. The van der Waals surface area contributed by atoms with Crippen LogP contribution in [0.1, 0.15) is 22.6 Å². The Hall–Kier alpha value is -4.00. The van der Waals surface area contributed by atoms with Gasteiger partial charge in [-0.25, -0.2) is 0 Å². The molecule has 1 amide bonds. The first-order chi connectivity index (χ1) is 14.5. The van der Waals surface area contributed by atoms with E-state index in [0.717, 1.165) is 11.1 Å². The number of amides is 1. The van der Waals surface area contributed by atoms with Crippen LogP contribution in [-0.2, 0) is 14.3 Å². The van der Waals surface area contributed by atoms with Gasteiger partial charge < -0.3 is 10.1 Å². The quantitative estimate of drug-likeness (QED) is 0.361. The Balaban J connectivity index is 1.71. The summed E-state index contributed by atoms with van der Waals surface area (Å²) in [4.78, 5) is 35.5. The molecule has 0 bridgehead atoms. The van der Waals surface area contributed by atoms with E-state index in [1.54, 1.807) is 13.0 Å². The maximum Gasteiger partial charge on any atom is 0.318 e. The molecule has 0 unspecified atom stereocenters. The van der Waals surface area contributed by atoms with Crippen molar-refractivity contribution >= 4 is 23.3 Å². The number of nitrogens with one attached hydrogen (secondary N) is 1. The van der Waals surface area contributed by atoms with E-state index in [1.807, 2.05) is 60.7 Å².